The van der Waals surface area contributed by atoms with Gasteiger partial charge >= 0.3 is 0 Å². The highest BCUT2D eigenvalue weighted by Gasteiger charge is 2.53. The Labute approximate surface area is 212 Å². The van der Waals surface area contributed by atoms with E-state index in [0.717, 1.165) is 25.2 Å². The summed E-state index contributed by atoms with van der Waals surface area (Å²) >= 11 is 7.96. The Hall–Kier alpha value is -1.72. The van der Waals surface area contributed by atoms with Crippen LogP contribution in [0.15, 0.2) is 35.2 Å². The molecule has 4 atom stereocenters. The normalized spacial score (nSPS) is 26.1. The van der Waals surface area contributed by atoms with Crippen molar-refractivity contribution in [2.24, 2.45) is 11.8 Å². The number of amides is 1. The second-order valence-corrected chi connectivity index (χ2v) is 13.0. The number of aliphatic hydroxyl groups is 1. The first-order valence-electron chi connectivity index (χ1n) is 11.3. The number of rotatable bonds is 7. The summed E-state index contributed by atoms with van der Waals surface area (Å²) in [6.45, 7) is 1.40. The van der Waals surface area contributed by atoms with E-state index >= 15 is 0 Å². The van der Waals surface area contributed by atoms with Crippen molar-refractivity contribution in [2.45, 2.75) is 48.4 Å². The van der Waals surface area contributed by atoms with Gasteiger partial charge in [-0.3, -0.25) is 4.79 Å². The van der Waals surface area contributed by atoms with Gasteiger partial charge in [0.15, 0.2) is 11.6 Å². The predicted octanol–water partition coefficient (Wildman–Crippen LogP) is 4.74. The Balaban J connectivity index is 1.46. The number of anilines is 1. The van der Waals surface area contributed by atoms with Crippen LogP contribution in [0.4, 0.5) is 14.5 Å². The van der Waals surface area contributed by atoms with Crippen molar-refractivity contribution in [1.29, 1.82) is 0 Å². The average molecular weight is 545 g/mol. The van der Waals surface area contributed by atoms with E-state index in [4.69, 9.17) is 11.6 Å². The van der Waals surface area contributed by atoms with Crippen LogP contribution in [0.3, 0.4) is 0 Å². The van der Waals surface area contributed by atoms with Crippen LogP contribution in [0.1, 0.15) is 41.6 Å². The van der Waals surface area contributed by atoms with E-state index < -0.39 is 33.2 Å². The standard InChI is InChI=1S/C24H27ClF2N2O4S2/c1-13-20(8-7-19(26)22(13)27)29-23(30)14-3-6-18(25)21(9-14)34-17-10-15-4-5-16(11-17)24(15,31)12-28-35(2,32)33/h3,6-9,15-17,28,31H,4-5,10-12H2,1-2H3,(H,29,30)/t15-,16?,17?,24?/m0/s1. The van der Waals surface area contributed by atoms with Gasteiger partial charge in [-0.25, -0.2) is 21.9 Å². The van der Waals surface area contributed by atoms with Crippen molar-refractivity contribution in [3.63, 3.8) is 0 Å². The Morgan fingerprint density at radius 2 is 1.86 bits per heavy atom. The molecule has 2 aliphatic rings. The molecule has 0 saturated heterocycles. The van der Waals surface area contributed by atoms with Crippen LogP contribution < -0.4 is 10.0 Å². The maximum atomic E-state index is 13.9. The van der Waals surface area contributed by atoms with Gasteiger partial charge in [-0.15, -0.1) is 11.8 Å². The fraction of sp³-hybridized carbons (Fsp3) is 0.458. The van der Waals surface area contributed by atoms with Crippen LogP contribution in [0, 0.1) is 30.4 Å². The van der Waals surface area contributed by atoms with Crippen LogP contribution in [-0.2, 0) is 10.0 Å². The zero-order chi connectivity index (χ0) is 25.5. The number of carbonyl (C=O) groups excluding carboxylic acids is 1. The molecule has 0 radical (unpaired) electrons. The zero-order valence-electron chi connectivity index (χ0n) is 19.3. The minimum atomic E-state index is -3.40. The lowest BCUT2D eigenvalue weighted by molar-refractivity contribution is -0.0519. The number of nitrogens with one attached hydrogen (secondary N) is 2. The fourth-order valence-corrected chi connectivity index (χ4v) is 7.27. The summed E-state index contributed by atoms with van der Waals surface area (Å²) in [5.74, 6) is -2.52. The lowest BCUT2D eigenvalue weighted by Crippen LogP contribution is -2.53. The number of halogens is 3. The topological polar surface area (TPSA) is 95.5 Å². The second kappa shape index (κ2) is 9.97. The number of hydrogen-bond donors (Lipinski definition) is 3. The van der Waals surface area contributed by atoms with Crippen molar-refractivity contribution < 1.29 is 27.1 Å². The van der Waals surface area contributed by atoms with Gasteiger partial charge in [0.2, 0.25) is 10.0 Å². The Morgan fingerprint density at radius 3 is 2.49 bits per heavy atom. The van der Waals surface area contributed by atoms with Crippen LogP contribution in [-0.4, -0.2) is 43.1 Å². The summed E-state index contributed by atoms with van der Waals surface area (Å²) in [7, 11) is -3.40. The predicted molar refractivity (Wildman–Crippen MR) is 133 cm³/mol. The Morgan fingerprint density at radius 1 is 1.20 bits per heavy atom. The summed E-state index contributed by atoms with van der Waals surface area (Å²) in [5.41, 5.74) is -0.538. The highest BCUT2D eigenvalue weighted by Crippen LogP contribution is 2.53. The number of sulfonamides is 1. The number of carbonyl (C=O) groups is 1. The first-order valence-corrected chi connectivity index (χ1v) is 14.4. The molecule has 1 amide bonds. The summed E-state index contributed by atoms with van der Waals surface area (Å²) < 4.78 is 52.8. The molecule has 0 aromatic heterocycles. The molecule has 2 saturated carbocycles. The molecule has 4 rings (SSSR count). The quantitative estimate of drug-likeness (QED) is 0.468. The van der Waals surface area contributed by atoms with Crippen LogP contribution >= 0.6 is 23.4 Å². The fourth-order valence-electron chi connectivity index (χ4n) is 5.14. The molecular weight excluding hydrogens is 518 g/mol. The smallest absolute Gasteiger partial charge is 0.255 e. The Kier molecular flexibility index (Phi) is 7.51. The van der Waals surface area contributed by atoms with Crippen molar-refractivity contribution >= 4 is 45.0 Å². The molecule has 2 aliphatic carbocycles. The van der Waals surface area contributed by atoms with Crippen LogP contribution in [0.5, 0.6) is 0 Å². The van der Waals surface area contributed by atoms with Gasteiger partial charge in [-0.05, 0) is 74.8 Å². The van der Waals surface area contributed by atoms with E-state index in [0.29, 0.717) is 28.3 Å². The molecule has 11 heteroatoms. The van der Waals surface area contributed by atoms with Gasteiger partial charge in [-0.2, -0.15) is 0 Å². The number of thioether (sulfide) groups is 1. The monoisotopic (exact) mass is 544 g/mol. The molecule has 2 fully saturated rings. The van der Waals surface area contributed by atoms with Gasteiger partial charge in [0.25, 0.3) is 5.91 Å². The van der Waals surface area contributed by atoms with E-state index in [1.54, 1.807) is 18.2 Å². The molecule has 0 heterocycles. The van der Waals surface area contributed by atoms with Crippen LogP contribution in [0.25, 0.3) is 0 Å². The molecule has 0 aliphatic heterocycles. The number of hydrogen-bond acceptors (Lipinski definition) is 5. The molecule has 35 heavy (non-hydrogen) atoms. The lowest BCUT2D eigenvalue weighted by Gasteiger charge is -2.42. The zero-order valence-corrected chi connectivity index (χ0v) is 21.7. The third-order valence-electron chi connectivity index (χ3n) is 7.06. The molecule has 0 spiro atoms. The van der Waals surface area contributed by atoms with Gasteiger partial charge in [0.05, 0.1) is 16.9 Å². The van der Waals surface area contributed by atoms with Crippen LogP contribution in [0.2, 0.25) is 5.02 Å². The highest BCUT2D eigenvalue weighted by molar-refractivity contribution is 8.00. The summed E-state index contributed by atoms with van der Waals surface area (Å²) in [6.07, 6.45) is 4.13. The molecule has 3 N–H and O–H groups in total. The van der Waals surface area contributed by atoms with E-state index in [1.165, 1.54) is 24.8 Å². The summed E-state index contributed by atoms with van der Waals surface area (Å²) in [6, 6.07) is 7.14. The molecule has 2 aromatic carbocycles. The van der Waals surface area contributed by atoms with Gasteiger partial charge in [0.1, 0.15) is 0 Å². The highest BCUT2D eigenvalue weighted by atomic mass is 35.5. The lowest BCUT2D eigenvalue weighted by atomic mass is 9.74. The van der Waals surface area contributed by atoms with Gasteiger partial charge < -0.3 is 10.4 Å². The molecule has 3 unspecified atom stereocenters. The Bertz CT molecular complexity index is 1240. The third kappa shape index (κ3) is 5.67. The van der Waals surface area contributed by atoms with Crippen molar-refractivity contribution in [2.75, 3.05) is 18.1 Å². The maximum absolute atomic E-state index is 13.9. The third-order valence-corrected chi connectivity index (χ3v) is 9.48. The van der Waals surface area contributed by atoms with Crippen molar-refractivity contribution in [3.8, 4) is 0 Å². The average Bonchev–Trinajstić information content (AvgIpc) is 2.95. The molecule has 190 valence electrons. The number of benzene rings is 2. The van der Waals surface area contributed by atoms with Gasteiger partial charge in [0, 0.05) is 33.5 Å². The number of fused-ring (bicyclic) bond motifs is 2. The van der Waals surface area contributed by atoms with E-state index in [9.17, 15) is 27.1 Å². The first-order chi connectivity index (χ1) is 16.4. The summed E-state index contributed by atoms with van der Waals surface area (Å²) in [4.78, 5) is 13.5. The SMILES string of the molecule is Cc1c(NC(=O)c2ccc(Cl)c(SC3CC4CC[C@@H](C3)C4(O)CNS(C)(=O)=O)c2)ccc(F)c1F. The van der Waals surface area contributed by atoms with Crippen molar-refractivity contribution in [1.82, 2.24) is 4.72 Å². The van der Waals surface area contributed by atoms with E-state index in [2.05, 4.69) is 10.0 Å². The largest absolute Gasteiger partial charge is 0.388 e. The molecule has 2 bridgehead atoms. The van der Waals surface area contributed by atoms with Gasteiger partial charge in [-0.1, -0.05) is 11.6 Å². The summed E-state index contributed by atoms with van der Waals surface area (Å²) in [5, 5.41) is 14.5. The van der Waals surface area contributed by atoms with E-state index in [-0.39, 0.29) is 34.9 Å². The minimum Gasteiger partial charge on any atom is -0.388 e. The minimum absolute atomic E-state index is 0.0115. The van der Waals surface area contributed by atoms with E-state index in [1.807, 2.05) is 0 Å². The second-order valence-electron chi connectivity index (χ2n) is 9.40. The maximum Gasteiger partial charge on any atom is 0.255 e. The van der Waals surface area contributed by atoms with Crippen molar-refractivity contribution in [3.05, 3.63) is 58.1 Å². The molecule has 2 aromatic rings. The molecule has 6 nitrogen and oxygen atoms in total. The molecular formula is C24H27ClF2N2O4S2. The first kappa shape index (κ1) is 26.3.